The van der Waals surface area contributed by atoms with Gasteiger partial charge in [-0.15, -0.1) is 0 Å². The number of nitrogens with one attached hydrogen (secondary N) is 1. The number of carbonyl (C=O) groups is 1. The molecule has 5 N–H and O–H groups in total. The molecule has 0 bridgehead atoms. The van der Waals surface area contributed by atoms with Crippen LogP contribution in [-0.2, 0) is 4.74 Å². The molecule has 0 aliphatic heterocycles. The van der Waals surface area contributed by atoms with Crippen molar-refractivity contribution in [2.75, 3.05) is 24.6 Å². The van der Waals surface area contributed by atoms with E-state index < -0.39 is 11.7 Å². The molecule has 0 heterocycles. The summed E-state index contributed by atoms with van der Waals surface area (Å²) in [7, 11) is 0. The van der Waals surface area contributed by atoms with Crippen LogP contribution in [0.2, 0.25) is 0 Å². The number of ether oxygens (including phenoxy) is 2. The van der Waals surface area contributed by atoms with Crippen molar-refractivity contribution in [3.8, 4) is 5.75 Å². The second-order valence-corrected chi connectivity index (χ2v) is 5.07. The van der Waals surface area contributed by atoms with E-state index in [0.29, 0.717) is 30.3 Å². The van der Waals surface area contributed by atoms with E-state index in [2.05, 4.69) is 5.32 Å². The number of nitrogen functional groups attached to an aromatic ring is 2. The fraction of sp³-hybridized carbons (Fsp3) is 0.462. The van der Waals surface area contributed by atoms with Crippen LogP contribution in [0.15, 0.2) is 18.2 Å². The quantitative estimate of drug-likeness (QED) is 0.570. The minimum absolute atomic E-state index is 0.299. The van der Waals surface area contributed by atoms with Crippen LogP contribution < -0.4 is 21.5 Å². The normalized spacial score (nSPS) is 10.9. The first-order valence-corrected chi connectivity index (χ1v) is 6.02. The van der Waals surface area contributed by atoms with E-state index in [1.165, 1.54) is 0 Å². The van der Waals surface area contributed by atoms with E-state index in [4.69, 9.17) is 20.9 Å². The Kier molecular flexibility index (Phi) is 4.86. The van der Waals surface area contributed by atoms with E-state index in [-0.39, 0.29) is 0 Å². The molecule has 1 aromatic carbocycles. The average molecular weight is 267 g/mol. The van der Waals surface area contributed by atoms with Gasteiger partial charge in [0.15, 0.2) is 0 Å². The van der Waals surface area contributed by atoms with E-state index in [9.17, 15) is 4.79 Å². The Bertz CT molecular complexity index is 441. The minimum Gasteiger partial charge on any atom is -0.490 e. The third-order valence-electron chi connectivity index (χ3n) is 2.06. The van der Waals surface area contributed by atoms with Crippen molar-refractivity contribution in [3.63, 3.8) is 0 Å². The molecule has 0 saturated heterocycles. The zero-order chi connectivity index (χ0) is 14.5. The van der Waals surface area contributed by atoms with Crippen LogP contribution in [0.1, 0.15) is 20.8 Å². The maximum atomic E-state index is 11.4. The van der Waals surface area contributed by atoms with Crippen LogP contribution in [0, 0.1) is 0 Å². The number of benzene rings is 1. The molecule has 1 aromatic rings. The molecule has 0 fully saturated rings. The number of nitrogens with two attached hydrogens (primary N) is 2. The van der Waals surface area contributed by atoms with Crippen molar-refractivity contribution < 1.29 is 14.3 Å². The van der Waals surface area contributed by atoms with Crippen LogP contribution in [-0.4, -0.2) is 24.8 Å². The lowest BCUT2D eigenvalue weighted by atomic mass is 10.2. The summed E-state index contributed by atoms with van der Waals surface area (Å²) in [5, 5.41) is 2.59. The monoisotopic (exact) mass is 267 g/mol. The molecule has 0 aliphatic carbocycles. The standard InChI is InChI=1S/C13H21N3O3/c1-13(2,3)19-12(17)16-6-7-18-11-5-4-9(14)8-10(11)15/h4-5,8H,6-7,14-15H2,1-3H3,(H,16,17). The van der Waals surface area contributed by atoms with Crippen molar-refractivity contribution >= 4 is 17.5 Å². The summed E-state index contributed by atoms with van der Waals surface area (Å²) in [6.07, 6.45) is -0.471. The van der Waals surface area contributed by atoms with Gasteiger partial charge in [0.2, 0.25) is 0 Å². The van der Waals surface area contributed by atoms with Crippen molar-refractivity contribution in [2.24, 2.45) is 0 Å². The van der Waals surface area contributed by atoms with Crippen LogP contribution in [0.25, 0.3) is 0 Å². The van der Waals surface area contributed by atoms with E-state index >= 15 is 0 Å². The molecular formula is C13H21N3O3. The molecule has 0 atom stereocenters. The van der Waals surface area contributed by atoms with Gasteiger partial charge < -0.3 is 26.3 Å². The largest absolute Gasteiger partial charge is 0.490 e. The highest BCUT2D eigenvalue weighted by atomic mass is 16.6. The second kappa shape index (κ2) is 6.17. The summed E-state index contributed by atoms with van der Waals surface area (Å²) in [4.78, 5) is 11.4. The molecule has 19 heavy (non-hydrogen) atoms. The smallest absolute Gasteiger partial charge is 0.407 e. The summed E-state index contributed by atoms with van der Waals surface area (Å²) in [5.41, 5.74) is 11.8. The third-order valence-corrected chi connectivity index (χ3v) is 2.06. The lowest BCUT2D eigenvalue weighted by Gasteiger charge is -2.19. The zero-order valence-electron chi connectivity index (χ0n) is 11.5. The van der Waals surface area contributed by atoms with E-state index in [0.717, 1.165) is 0 Å². The number of alkyl carbamates (subject to hydrolysis) is 1. The van der Waals surface area contributed by atoms with Gasteiger partial charge in [0.1, 0.15) is 18.0 Å². The van der Waals surface area contributed by atoms with Gasteiger partial charge in [-0.1, -0.05) is 0 Å². The lowest BCUT2D eigenvalue weighted by Crippen LogP contribution is -2.34. The highest BCUT2D eigenvalue weighted by molar-refractivity contribution is 5.67. The molecule has 0 radical (unpaired) electrons. The molecule has 0 aromatic heterocycles. The van der Waals surface area contributed by atoms with Gasteiger partial charge in [-0.05, 0) is 39.0 Å². The van der Waals surface area contributed by atoms with Gasteiger partial charge in [0, 0.05) is 5.69 Å². The summed E-state index contributed by atoms with van der Waals surface area (Å²) in [6.45, 7) is 6.04. The molecule has 1 rings (SSSR count). The molecular weight excluding hydrogens is 246 g/mol. The van der Waals surface area contributed by atoms with Crippen molar-refractivity contribution in [1.29, 1.82) is 0 Å². The molecule has 106 valence electrons. The van der Waals surface area contributed by atoms with Gasteiger partial charge in [-0.2, -0.15) is 0 Å². The Morgan fingerprint density at radius 1 is 1.32 bits per heavy atom. The predicted octanol–water partition coefficient (Wildman–Crippen LogP) is 1.75. The molecule has 6 nitrogen and oxygen atoms in total. The number of hydrogen-bond acceptors (Lipinski definition) is 5. The highest BCUT2D eigenvalue weighted by Crippen LogP contribution is 2.23. The maximum Gasteiger partial charge on any atom is 0.407 e. The molecule has 0 aliphatic rings. The number of carbonyl (C=O) groups excluding carboxylic acids is 1. The van der Waals surface area contributed by atoms with Gasteiger partial charge in [-0.25, -0.2) is 4.79 Å². The molecule has 0 spiro atoms. The summed E-state index contributed by atoms with van der Waals surface area (Å²) >= 11 is 0. The van der Waals surface area contributed by atoms with Crippen LogP contribution in [0.5, 0.6) is 5.75 Å². The Balaban J connectivity index is 2.29. The zero-order valence-corrected chi connectivity index (χ0v) is 11.5. The fourth-order valence-corrected chi connectivity index (χ4v) is 1.33. The van der Waals surface area contributed by atoms with Crippen molar-refractivity contribution in [3.05, 3.63) is 18.2 Å². The Morgan fingerprint density at radius 3 is 2.58 bits per heavy atom. The first-order valence-electron chi connectivity index (χ1n) is 6.02. The highest BCUT2D eigenvalue weighted by Gasteiger charge is 2.15. The van der Waals surface area contributed by atoms with E-state index in [1.54, 1.807) is 39.0 Å². The summed E-state index contributed by atoms with van der Waals surface area (Å²) < 4.78 is 10.5. The third kappa shape index (κ3) is 5.85. The van der Waals surface area contributed by atoms with E-state index in [1.807, 2.05) is 0 Å². The molecule has 0 unspecified atom stereocenters. The first-order chi connectivity index (χ1) is 8.78. The predicted molar refractivity (Wildman–Crippen MR) is 75.0 cm³/mol. The number of anilines is 2. The van der Waals surface area contributed by atoms with Gasteiger partial charge >= 0.3 is 6.09 Å². The average Bonchev–Trinajstić information content (AvgIpc) is 2.24. The Morgan fingerprint density at radius 2 is 2.00 bits per heavy atom. The number of amides is 1. The van der Waals surface area contributed by atoms with Crippen LogP contribution >= 0.6 is 0 Å². The maximum absolute atomic E-state index is 11.4. The first kappa shape index (κ1) is 14.9. The Labute approximate surface area is 113 Å². The number of hydrogen-bond donors (Lipinski definition) is 3. The summed E-state index contributed by atoms with van der Waals surface area (Å²) in [6, 6.07) is 5.02. The molecule has 6 heteroatoms. The van der Waals surface area contributed by atoms with Crippen LogP contribution in [0.4, 0.5) is 16.2 Å². The summed E-state index contributed by atoms with van der Waals surface area (Å²) in [5.74, 6) is 0.542. The van der Waals surface area contributed by atoms with Crippen molar-refractivity contribution in [1.82, 2.24) is 5.32 Å². The Hall–Kier alpha value is -2.11. The van der Waals surface area contributed by atoms with Crippen molar-refractivity contribution in [2.45, 2.75) is 26.4 Å². The lowest BCUT2D eigenvalue weighted by molar-refractivity contribution is 0.0520. The fourth-order valence-electron chi connectivity index (χ4n) is 1.33. The van der Waals surface area contributed by atoms with Gasteiger partial charge in [-0.3, -0.25) is 0 Å². The second-order valence-electron chi connectivity index (χ2n) is 5.07. The molecule has 1 amide bonds. The molecule has 0 saturated carbocycles. The minimum atomic E-state index is -0.508. The SMILES string of the molecule is CC(C)(C)OC(=O)NCCOc1ccc(N)cc1N. The van der Waals surface area contributed by atoms with Gasteiger partial charge in [0.25, 0.3) is 0 Å². The number of rotatable bonds is 4. The van der Waals surface area contributed by atoms with Gasteiger partial charge in [0.05, 0.1) is 12.2 Å². The van der Waals surface area contributed by atoms with Crippen LogP contribution in [0.3, 0.4) is 0 Å². The topological polar surface area (TPSA) is 99.6 Å².